The Hall–Kier alpha value is -2.86. The zero-order chi connectivity index (χ0) is 20.4. The van der Waals surface area contributed by atoms with Crippen molar-refractivity contribution in [2.45, 2.75) is 20.4 Å². The molecule has 1 saturated heterocycles. The van der Waals surface area contributed by atoms with Crippen LogP contribution in [-0.2, 0) is 11.3 Å². The fraction of sp³-hybridized carbons (Fsp3) is 0.217. The number of rotatable bonds is 5. The minimum Gasteiger partial charge on any atom is -0.342 e. The van der Waals surface area contributed by atoms with Gasteiger partial charge in [0.15, 0.2) is 5.17 Å². The Balaban J connectivity index is 1.76. The van der Waals surface area contributed by atoms with Crippen LogP contribution in [0.1, 0.15) is 25.0 Å². The third-order valence-corrected chi connectivity index (χ3v) is 5.95. The van der Waals surface area contributed by atoms with Gasteiger partial charge in [-0.05, 0) is 43.8 Å². The maximum Gasteiger partial charge on any atom is 0.266 e. The Labute approximate surface area is 173 Å². The molecule has 1 fully saturated rings. The molecule has 0 bridgehead atoms. The molecule has 1 aliphatic rings. The van der Waals surface area contributed by atoms with E-state index in [1.165, 1.54) is 17.8 Å². The van der Waals surface area contributed by atoms with Crippen LogP contribution in [0, 0.1) is 5.82 Å². The van der Waals surface area contributed by atoms with Crippen LogP contribution >= 0.6 is 11.8 Å². The topological polar surface area (TPSA) is 37.6 Å². The van der Waals surface area contributed by atoms with Gasteiger partial charge < -0.3 is 4.57 Å². The Bertz CT molecular complexity index is 1130. The number of thioether (sulfide) groups is 1. The largest absolute Gasteiger partial charge is 0.342 e. The summed E-state index contributed by atoms with van der Waals surface area (Å²) < 4.78 is 16.2. The lowest BCUT2D eigenvalue weighted by atomic mass is 10.1. The quantitative estimate of drug-likeness (QED) is 0.549. The van der Waals surface area contributed by atoms with Crippen LogP contribution in [0.5, 0.6) is 0 Å². The molecule has 2 aromatic carbocycles. The number of para-hydroxylation sites is 1. The second-order valence-electron chi connectivity index (χ2n) is 6.74. The van der Waals surface area contributed by atoms with E-state index >= 15 is 0 Å². The number of carbonyl (C=O) groups is 1. The van der Waals surface area contributed by atoms with Crippen molar-refractivity contribution in [2.24, 2.45) is 4.99 Å². The molecule has 0 aliphatic carbocycles. The number of nitrogens with zero attached hydrogens (tertiary/aromatic N) is 3. The first-order valence-corrected chi connectivity index (χ1v) is 10.5. The second-order valence-corrected chi connectivity index (χ2v) is 7.75. The third kappa shape index (κ3) is 3.72. The van der Waals surface area contributed by atoms with Gasteiger partial charge in [0, 0.05) is 41.3 Å². The number of likely N-dealkylation sites (N-methyl/N-ethyl adjacent to an activating group) is 1. The highest BCUT2D eigenvalue weighted by Gasteiger charge is 2.32. The van der Waals surface area contributed by atoms with E-state index in [-0.39, 0.29) is 11.7 Å². The van der Waals surface area contributed by atoms with Gasteiger partial charge >= 0.3 is 0 Å². The number of halogens is 1. The summed E-state index contributed by atoms with van der Waals surface area (Å²) in [5.74, 6) is -0.235. The number of hydrogen-bond donors (Lipinski definition) is 0. The molecular weight excluding hydrogens is 385 g/mol. The molecule has 0 atom stereocenters. The molecule has 29 heavy (non-hydrogen) atoms. The van der Waals surface area contributed by atoms with Gasteiger partial charge in [0.2, 0.25) is 0 Å². The number of aromatic nitrogens is 1. The number of benzene rings is 2. The highest BCUT2D eigenvalue weighted by molar-refractivity contribution is 8.18. The molecule has 0 spiro atoms. The van der Waals surface area contributed by atoms with E-state index in [0.29, 0.717) is 30.1 Å². The average Bonchev–Trinajstić information content (AvgIpc) is 3.22. The molecular formula is C23H22FN3OS. The molecule has 1 aromatic heterocycles. The first-order valence-electron chi connectivity index (χ1n) is 9.69. The first-order chi connectivity index (χ1) is 14.1. The lowest BCUT2D eigenvalue weighted by Gasteiger charge is -2.11. The third-order valence-electron chi connectivity index (χ3n) is 4.90. The van der Waals surface area contributed by atoms with Crippen molar-refractivity contribution in [3.8, 4) is 0 Å². The van der Waals surface area contributed by atoms with Crippen molar-refractivity contribution in [1.82, 2.24) is 9.47 Å². The SMILES string of the molecule is CCN=C1SC(=Cc2cn(Cc3ccccc3F)c3ccccc23)C(=O)N1CC. The fourth-order valence-electron chi connectivity index (χ4n) is 3.51. The standard InChI is InChI=1S/C23H22FN3OS/c1-3-25-23-27(4-2)22(28)21(29-23)13-17-15-26(20-12-8-6-10-18(17)20)14-16-9-5-7-11-19(16)24/h5-13,15H,3-4,14H2,1-2H3. The summed E-state index contributed by atoms with van der Waals surface area (Å²) in [5, 5.41) is 1.79. The van der Waals surface area contributed by atoms with Gasteiger partial charge in [-0.15, -0.1) is 0 Å². The van der Waals surface area contributed by atoms with Crippen molar-refractivity contribution in [3.63, 3.8) is 0 Å². The van der Waals surface area contributed by atoms with Crippen molar-refractivity contribution < 1.29 is 9.18 Å². The predicted molar refractivity (Wildman–Crippen MR) is 118 cm³/mol. The summed E-state index contributed by atoms with van der Waals surface area (Å²) in [7, 11) is 0. The smallest absolute Gasteiger partial charge is 0.266 e. The Morgan fingerprint density at radius 1 is 1.10 bits per heavy atom. The molecule has 1 amide bonds. The van der Waals surface area contributed by atoms with Crippen molar-refractivity contribution in [2.75, 3.05) is 13.1 Å². The number of fused-ring (bicyclic) bond motifs is 1. The maximum atomic E-state index is 14.2. The predicted octanol–water partition coefficient (Wildman–Crippen LogP) is 5.14. The van der Waals surface area contributed by atoms with E-state index in [1.807, 2.05) is 61.0 Å². The first kappa shape index (κ1) is 19.5. The van der Waals surface area contributed by atoms with Crippen LogP contribution in [0.2, 0.25) is 0 Å². The average molecular weight is 408 g/mol. The van der Waals surface area contributed by atoms with E-state index < -0.39 is 0 Å². The monoisotopic (exact) mass is 407 g/mol. The normalized spacial score (nSPS) is 17.2. The Morgan fingerprint density at radius 3 is 2.62 bits per heavy atom. The lowest BCUT2D eigenvalue weighted by Crippen LogP contribution is -2.28. The Morgan fingerprint density at radius 2 is 1.86 bits per heavy atom. The van der Waals surface area contributed by atoms with Gasteiger partial charge in [-0.25, -0.2) is 4.39 Å². The molecule has 0 N–H and O–H groups in total. The van der Waals surface area contributed by atoms with Crippen LogP contribution in [-0.4, -0.2) is 33.6 Å². The molecule has 0 radical (unpaired) electrons. The number of carbonyl (C=O) groups excluding carboxylic acids is 1. The van der Waals surface area contributed by atoms with Gasteiger partial charge in [0.05, 0.1) is 11.4 Å². The second kappa shape index (κ2) is 8.25. The molecule has 1 aliphatic heterocycles. The van der Waals surface area contributed by atoms with Gasteiger partial charge in [-0.1, -0.05) is 36.4 Å². The van der Waals surface area contributed by atoms with Crippen LogP contribution in [0.15, 0.2) is 64.6 Å². The summed E-state index contributed by atoms with van der Waals surface area (Å²) in [6.07, 6.45) is 3.91. The van der Waals surface area contributed by atoms with Crippen molar-refractivity contribution in [1.29, 1.82) is 0 Å². The van der Waals surface area contributed by atoms with Crippen LogP contribution in [0.25, 0.3) is 17.0 Å². The van der Waals surface area contributed by atoms with E-state index in [4.69, 9.17) is 0 Å². The van der Waals surface area contributed by atoms with Gasteiger partial charge in [0.25, 0.3) is 5.91 Å². The van der Waals surface area contributed by atoms with E-state index in [1.54, 1.807) is 17.0 Å². The minimum atomic E-state index is -0.217. The Kier molecular flexibility index (Phi) is 5.53. The summed E-state index contributed by atoms with van der Waals surface area (Å²) in [6.45, 7) is 5.58. The highest BCUT2D eigenvalue weighted by atomic mass is 32.2. The zero-order valence-electron chi connectivity index (χ0n) is 16.4. The van der Waals surface area contributed by atoms with Crippen molar-refractivity contribution in [3.05, 3.63) is 76.6 Å². The molecule has 3 aromatic rings. The maximum absolute atomic E-state index is 14.2. The number of hydrogen-bond acceptors (Lipinski definition) is 3. The van der Waals surface area contributed by atoms with Gasteiger partial charge in [-0.3, -0.25) is 14.7 Å². The molecule has 148 valence electrons. The summed E-state index contributed by atoms with van der Waals surface area (Å²) >= 11 is 1.41. The number of amidine groups is 1. The van der Waals surface area contributed by atoms with Crippen LogP contribution in [0.3, 0.4) is 0 Å². The van der Waals surface area contributed by atoms with Crippen LogP contribution in [0.4, 0.5) is 4.39 Å². The van der Waals surface area contributed by atoms with Crippen LogP contribution < -0.4 is 0 Å². The van der Waals surface area contributed by atoms with E-state index in [9.17, 15) is 9.18 Å². The molecule has 0 saturated carbocycles. The van der Waals surface area contributed by atoms with Crippen molar-refractivity contribution >= 4 is 39.8 Å². The number of aliphatic imine (C=N–C) groups is 1. The minimum absolute atomic E-state index is 0.0179. The van der Waals surface area contributed by atoms with E-state index in [2.05, 4.69) is 4.99 Å². The molecule has 4 rings (SSSR count). The van der Waals surface area contributed by atoms with E-state index in [0.717, 1.165) is 21.6 Å². The zero-order valence-corrected chi connectivity index (χ0v) is 17.2. The molecule has 2 heterocycles. The highest BCUT2D eigenvalue weighted by Crippen LogP contribution is 2.34. The number of amides is 1. The molecule has 0 unspecified atom stereocenters. The van der Waals surface area contributed by atoms with Gasteiger partial charge in [-0.2, -0.15) is 0 Å². The fourth-order valence-corrected chi connectivity index (χ4v) is 4.61. The lowest BCUT2D eigenvalue weighted by molar-refractivity contribution is -0.122. The summed E-state index contributed by atoms with van der Waals surface area (Å²) in [6, 6.07) is 14.8. The molecule has 4 nitrogen and oxygen atoms in total. The summed E-state index contributed by atoms with van der Waals surface area (Å²) in [5.41, 5.74) is 2.59. The summed E-state index contributed by atoms with van der Waals surface area (Å²) in [4.78, 5) is 19.6. The van der Waals surface area contributed by atoms with Gasteiger partial charge in [0.1, 0.15) is 5.82 Å². The molecule has 6 heteroatoms.